The van der Waals surface area contributed by atoms with Gasteiger partial charge in [0.25, 0.3) is 5.24 Å². The number of hydrogen-bond donors (Lipinski definition) is 2. The van der Waals surface area contributed by atoms with Gasteiger partial charge in [0, 0.05) is 41.0 Å². The summed E-state index contributed by atoms with van der Waals surface area (Å²) in [4.78, 5) is 30.3. The molecule has 3 heterocycles. The average molecular weight is 353 g/mol. The standard InChI is InChI=1S/C18H15N3O3S/c22-17-16(25-18(23)21-17)8-13-6-12-7-14(3-4-15(12)20-13)24-10-11-2-1-5-19-9-11/h1-7,9,16,20H,8,10H2,(H,21,22,23). The lowest BCUT2D eigenvalue weighted by Gasteiger charge is -2.05. The lowest BCUT2D eigenvalue weighted by molar-refractivity contribution is -0.118. The zero-order valence-corrected chi connectivity index (χ0v) is 14.0. The molecule has 1 saturated heterocycles. The molecule has 0 bridgehead atoms. The van der Waals surface area contributed by atoms with Crippen molar-refractivity contribution in [2.24, 2.45) is 0 Å². The van der Waals surface area contributed by atoms with E-state index in [0.29, 0.717) is 13.0 Å². The molecule has 0 spiro atoms. The molecule has 1 unspecified atom stereocenters. The topological polar surface area (TPSA) is 84.1 Å². The molecule has 1 aliphatic rings. The number of imide groups is 1. The highest BCUT2D eigenvalue weighted by Crippen LogP contribution is 2.26. The number of nitrogens with zero attached hydrogens (tertiary/aromatic N) is 1. The van der Waals surface area contributed by atoms with Crippen LogP contribution in [0.3, 0.4) is 0 Å². The smallest absolute Gasteiger partial charge is 0.286 e. The minimum Gasteiger partial charge on any atom is -0.489 e. The molecule has 1 aromatic carbocycles. The molecule has 3 aromatic rings. The molecular weight excluding hydrogens is 338 g/mol. The highest BCUT2D eigenvalue weighted by molar-refractivity contribution is 8.15. The van der Waals surface area contributed by atoms with E-state index >= 15 is 0 Å². The molecule has 25 heavy (non-hydrogen) atoms. The van der Waals surface area contributed by atoms with Crippen LogP contribution >= 0.6 is 11.8 Å². The first kappa shape index (κ1) is 15.7. The molecule has 7 heteroatoms. The third-order valence-electron chi connectivity index (χ3n) is 3.95. The van der Waals surface area contributed by atoms with Crippen LogP contribution in [-0.4, -0.2) is 26.4 Å². The summed E-state index contributed by atoms with van der Waals surface area (Å²) in [6.45, 7) is 0.456. The molecule has 2 amide bonds. The zero-order chi connectivity index (χ0) is 17.2. The second-order valence-electron chi connectivity index (χ2n) is 5.78. The van der Waals surface area contributed by atoms with Gasteiger partial charge in [-0.25, -0.2) is 0 Å². The normalized spacial score (nSPS) is 17.0. The van der Waals surface area contributed by atoms with Crippen LogP contribution in [0, 0.1) is 0 Å². The maximum atomic E-state index is 11.7. The Labute approximate surface area is 148 Å². The van der Waals surface area contributed by atoms with Crippen molar-refractivity contribution in [1.29, 1.82) is 0 Å². The zero-order valence-electron chi connectivity index (χ0n) is 13.2. The summed E-state index contributed by atoms with van der Waals surface area (Å²) < 4.78 is 5.81. The van der Waals surface area contributed by atoms with E-state index in [2.05, 4.69) is 15.3 Å². The molecule has 1 aliphatic heterocycles. The second-order valence-corrected chi connectivity index (χ2v) is 6.96. The fourth-order valence-corrected chi connectivity index (χ4v) is 3.59. The SMILES string of the molecule is O=C1NC(=O)C(Cc2cc3cc(OCc4cccnc4)ccc3[nH]2)S1. The fraction of sp³-hybridized carbons (Fsp3) is 0.167. The molecule has 0 aliphatic carbocycles. The van der Waals surface area contributed by atoms with Gasteiger partial charge in [0.1, 0.15) is 12.4 Å². The van der Waals surface area contributed by atoms with Crippen LogP contribution in [0.25, 0.3) is 10.9 Å². The molecule has 1 fully saturated rings. The van der Waals surface area contributed by atoms with Crippen molar-refractivity contribution >= 4 is 33.8 Å². The van der Waals surface area contributed by atoms with Gasteiger partial charge >= 0.3 is 0 Å². The lowest BCUT2D eigenvalue weighted by atomic mass is 10.2. The van der Waals surface area contributed by atoms with Gasteiger partial charge in [-0.2, -0.15) is 0 Å². The van der Waals surface area contributed by atoms with Crippen molar-refractivity contribution in [1.82, 2.24) is 15.3 Å². The minimum absolute atomic E-state index is 0.228. The Kier molecular flexibility index (Phi) is 4.15. The number of pyridine rings is 1. The number of ether oxygens (including phenoxy) is 1. The van der Waals surface area contributed by atoms with Crippen molar-refractivity contribution in [2.45, 2.75) is 18.3 Å². The van der Waals surface area contributed by atoms with E-state index in [1.54, 1.807) is 12.4 Å². The van der Waals surface area contributed by atoms with E-state index in [9.17, 15) is 9.59 Å². The quantitative estimate of drug-likeness (QED) is 0.736. The average Bonchev–Trinajstić information content (AvgIpc) is 3.15. The maximum Gasteiger partial charge on any atom is 0.286 e. The van der Waals surface area contributed by atoms with Crippen LogP contribution in [0.4, 0.5) is 4.79 Å². The minimum atomic E-state index is -0.373. The molecule has 2 aromatic heterocycles. The highest BCUT2D eigenvalue weighted by atomic mass is 32.2. The number of nitrogens with one attached hydrogen (secondary N) is 2. The monoisotopic (exact) mass is 353 g/mol. The predicted molar refractivity (Wildman–Crippen MR) is 95.5 cm³/mol. The van der Waals surface area contributed by atoms with Crippen LogP contribution in [0.1, 0.15) is 11.3 Å². The Morgan fingerprint density at radius 1 is 1.20 bits per heavy atom. The van der Waals surface area contributed by atoms with Gasteiger partial charge in [-0.1, -0.05) is 17.8 Å². The highest BCUT2D eigenvalue weighted by Gasteiger charge is 2.31. The molecule has 1 atom stereocenters. The van der Waals surface area contributed by atoms with Gasteiger partial charge in [-0.05, 0) is 30.3 Å². The van der Waals surface area contributed by atoms with E-state index in [1.807, 2.05) is 36.4 Å². The number of hydrogen-bond acceptors (Lipinski definition) is 5. The lowest BCUT2D eigenvalue weighted by Crippen LogP contribution is -2.25. The van der Waals surface area contributed by atoms with Gasteiger partial charge in [-0.15, -0.1) is 0 Å². The summed E-state index contributed by atoms with van der Waals surface area (Å²) in [6.07, 6.45) is 3.99. The van der Waals surface area contributed by atoms with E-state index in [1.165, 1.54) is 0 Å². The molecular formula is C18H15N3O3S. The third kappa shape index (κ3) is 3.51. The Hall–Kier alpha value is -2.80. The van der Waals surface area contributed by atoms with E-state index in [4.69, 9.17) is 4.74 Å². The number of aromatic amines is 1. The molecule has 0 radical (unpaired) electrons. The number of aromatic nitrogens is 2. The molecule has 4 rings (SSSR count). The van der Waals surface area contributed by atoms with E-state index in [0.717, 1.165) is 39.7 Å². The summed E-state index contributed by atoms with van der Waals surface area (Å²) in [5.74, 6) is 0.541. The van der Waals surface area contributed by atoms with Crippen molar-refractivity contribution < 1.29 is 14.3 Å². The summed E-state index contributed by atoms with van der Waals surface area (Å²) in [6, 6.07) is 11.6. The van der Waals surface area contributed by atoms with E-state index in [-0.39, 0.29) is 16.4 Å². The first-order chi connectivity index (χ1) is 12.2. The number of amides is 2. The van der Waals surface area contributed by atoms with Crippen molar-refractivity contribution in [2.75, 3.05) is 0 Å². The Bertz CT molecular complexity index is 939. The number of H-pyrrole nitrogens is 1. The summed E-state index contributed by atoms with van der Waals surface area (Å²) >= 11 is 1.04. The van der Waals surface area contributed by atoms with Crippen molar-refractivity contribution in [3.63, 3.8) is 0 Å². The molecule has 6 nitrogen and oxygen atoms in total. The number of rotatable bonds is 5. The number of carbonyl (C=O) groups is 2. The van der Waals surface area contributed by atoms with Crippen LogP contribution in [-0.2, 0) is 17.8 Å². The van der Waals surface area contributed by atoms with Crippen LogP contribution in [0.15, 0.2) is 48.8 Å². The predicted octanol–water partition coefficient (Wildman–Crippen LogP) is 3.04. The summed E-state index contributed by atoms with van der Waals surface area (Å²) in [5.41, 5.74) is 2.89. The van der Waals surface area contributed by atoms with Gasteiger partial charge in [0.15, 0.2) is 0 Å². The second kappa shape index (κ2) is 6.60. The number of carbonyl (C=O) groups excluding carboxylic acids is 2. The Balaban J connectivity index is 1.47. The van der Waals surface area contributed by atoms with Gasteiger partial charge < -0.3 is 9.72 Å². The Morgan fingerprint density at radius 3 is 2.88 bits per heavy atom. The number of thioether (sulfide) groups is 1. The van der Waals surface area contributed by atoms with Crippen LogP contribution in [0.5, 0.6) is 5.75 Å². The third-order valence-corrected chi connectivity index (χ3v) is 4.93. The van der Waals surface area contributed by atoms with Crippen LogP contribution < -0.4 is 10.1 Å². The molecule has 0 saturated carbocycles. The van der Waals surface area contributed by atoms with Crippen LogP contribution in [0.2, 0.25) is 0 Å². The number of benzene rings is 1. The van der Waals surface area contributed by atoms with Gasteiger partial charge in [0.05, 0.1) is 5.25 Å². The first-order valence-corrected chi connectivity index (χ1v) is 8.70. The van der Waals surface area contributed by atoms with Crippen molar-refractivity contribution in [3.8, 4) is 5.75 Å². The fourth-order valence-electron chi connectivity index (χ4n) is 2.75. The first-order valence-electron chi connectivity index (χ1n) is 7.82. The summed E-state index contributed by atoms with van der Waals surface area (Å²) in [7, 11) is 0. The summed E-state index contributed by atoms with van der Waals surface area (Å²) in [5, 5.41) is 2.66. The molecule has 2 N–H and O–H groups in total. The van der Waals surface area contributed by atoms with Gasteiger partial charge in [-0.3, -0.25) is 19.9 Å². The number of fused-ring (bicyclic) bond motifs is 1. The van der Waals surface area contributed by atoms with Gasteiger partial charge in [0.2, 0.25) is 5.91 Å². The Morgan fingerprint density at radius 2 is 2.12 bits per heavy atom. The van der Waals surface area contributed by atoms with Crippen molar-refractivity contribution in [3.05, 3.63) is 60.0 Å². The molecule has 126 valence electrons. The largest absolute Gasteiger partial charge is 0.489 e. The maximum absolute atomic E-state index is 11.7. The van der Waals surface area contributed by atoms with E-state index < -0.39 is 0 Å².